The third-order valence-corrected chi connectivity index (χ3v) is 2.74. The number of hydrogen-bond acceptors (Lipinski definition) is 4. The Kier molecular flexibility index (Phi) is 3.79. The van der Waals surface area contributed by atoms with Gasteiger partial charge in [0.2, 0.25) is 0 Å². The van der Waals surface area contributed by atoms with Gasteiger partial charge in [-0.05, 0) is 12.0 Å². The van der Waals surface area contributed by atoms with Crippen molar-refractivity contribution in [2.45, 2.75) is 13.8 Å². The Morgan fingerprint density at radius 2 is 2.26 bits per heavy atom. The van der Waals surface area contributed by atoms with Gasteiger partial charge in [0.05, 0.1) is 28.8 Å². The number of rotatable bonds is 5. The zero-order valence-corrected chi connectivity index (χ0v) is 11.1. The largest absolute Gasteiger partial charge is 0.396 e. The Balaban J connectivity index is 2.35. The number of hydrogen-bond donors (Lipinski definition) is 4. The maximum absolute atomic E-state index is 5.83. The summed E-state index contributed by atoms with van der Waals surface area (Å²) in [6, 6.07) is 1.92. The molecule has 2 aromatic rings. The molecule has 0 saturated heterocycles. The summed E-state index contributed by atoms with van der Waals surface area (Å²) in [6.07, 6.45) is 4.83. The van der Waals surface area contributed by atoms with Crippen molar-refractivity contribution in [2.75, 3.05) is 17.6 Å². The average molecular weight is 259 g/mol. The molecule has 0 atom stereocenters. The first-order valence-electron chi connectivity index (χ1n) is 6.20. The van der Waals surface area contributed by atoms with E-state index in [1.54, 1.807) is 12.4 Å². The highest BCUT2D eigenvalue weighted by Gasteiger charge is 2.10. The van der Waals surface area contributed by atoms with E-state index in [0.29, 0.717) is 11.6 Å². The minimum atomic E-state index is 0.541. The van der Waals surface area contributed by atoms with E-state index in [1.807, 2.05) is 6.07 Å². The predicted octanol–water partition coefficient (Wildman–Crippen LogP) is 0.300. The monoisotopic (exact) mass is 259 g/mol. The van der Waals surface area contributed by atoms with E-state index in [9.17, 15) is 0 Å². The highest BCUT2D eigenvalue weighted by molar-refractivity contribution is 5.85. The number of nitrogens with two attached hydrogens (primary N) is 2. The number of nitrogens with zero attached hydrogens (tertiary/aromatic N) is 2. The van der Waals surface area contributed by atoms with Crippen LogP contribution in [0.1, 0.15) is 19.4 Å². The molecule has 2 rings (SSSR count). The molecule has 0 aliphatic rings. The fraction of sp³-hybridized carbons (Fsp3) is 0.308. The second-order valence-corrected chi connectivity index (χ2v) is 4.80. The van der Waals surface area contributed by atoms with Gasteiger partial charge >= 0.3 is 0 Å². The van der Waals surface area contributed by atoms with E-state index < -0.39 is 0 Å². The van der Waals surface area contributed by atoms with Gasteiger partial charge in [0, 0.05) is 12.7 Å². The molecule has 0 unspecified atom stereocenters. The maximum Gasteiger partial charge on any atom is 0.171 e. The summed E-state index contributed by atoms with van der Waals surface area (Å²) in [7, 11) is 0. The summed E-state index contributed by atoms with van der Waals surface area (Å²) in [6.45, 7) is 5.16. The molecule has 0 radical (unpaired) electrons. The van der Waals surface area contributed by atoms with Gasteiger partial charge in [0.25, 0.3) is 0 Å². The molecule has 19 heavy (non-hydrogen) atoms. The van der Waals surface area contributed by atoms with Crippen molar-refractivity contribution in [1.82, 2.24) is 15.2 Å². The maximum atomic E-state index is 5.83. The smallest absolute Gasteiger partial charge is 0.171 e. The Bertz CT molecular complexity index is 572. The highest BCUT2D eigenvalue weighted by Crippen LogP contribution is 2.24. The van der Waals surface area contributed by atoms with E-state index in [0.717, 1.165) is 29.2 Å². The lowest BCUT2D eigenvalue weighted by Crippen LogP contribution is -2.30. The zero-order valence-electron chi connectivity index (χ0n) is 11.1. The number of H-pyrrole nitrogens is 1. The van der Waals surface area contributed by atoms with Crippen molar-refractivity contribution in [3.05, 3.63) is 24.0 Å². The van der Waals surface area contributed by atoms with Crippen LogP contribution in [0.15, 0.2) is 18.5 Å². The number of nitrogens with one attached hydrogen (secondary N) is 2. The molecule has 0 fully saturated rings. The SMILES string of the molecule is CC(C)CNc1cc(-c2[nH]ncc2N)ncc1C=[NH2+]. The van der Waals surface area contributed by atoms with Gasteiger partial charge in [0.1, 0.15) is 5.69 Å². The molecule has 0 saturated carbocycles. The highest BCUT2D eigenvalue weighted by atomic mass is 15.1. The first-order chi connectivity index (χ1) is 9.11. The molecular weight excluding hydrogens is 240 g/mol. The molecule has 2 aromatic heterocycles. The quantitative estimate of drug-likeness (QED) is 0.579. The molecular formula is C13H19N6+. The van der Waals surface area contributed by atoms with Crippen LogP contribution in [0.4, 0.5) is 11.4 Å². The molecule has 0 aliphatic carbocycles. The van der Waals surface area contributed by atoms with Crippen LogP contribution in [0, 0.1) is 5.92 Å². The fourth-order valence-electron chi connectivity index (χ4n) is 1.70. The van der Waals surface area contributed by atoms with Crippen molar-refractivity contribution in [2.24, 2.45) is 5.92 Å². The van der Waals surface area contributed by atoms with E-state index in [2.05, 4.69) is 34.3 Å². The second-order valence-electron chi connectivity index (χ2n) is 4.80. The van der Waals surface area contributed by atoms with Crippen molar-refractivity contribution in [3.63, 3.8) is 0 Å². The van der Waals surface area contributed by atoms with Gasteiger partial charge in [-0.15, -0.1) is 0 Å². The lowest BCUT2D eigenvalue weighted by Gasteiger charge is -2.11. The van der Waals surface area contributed by atoms with Crippen LogP contribution in [-0.4, -0.2) is 27.9 Å². The third-order valence-electron chi connectivity index (χ3n) is 2.74. The predicted molar refractivity (Wildman–Crippen MR) is 76.7 cm³/mol. The molecule has 6 heteroatoms. The number of anilines is 2. The van der Waals surface area contributed by atoms with Crippen LogP contribution in [0.2, 0.25) is 0 Å². The van der Waals surface area contributed by atoms with Gasteiger partial charge in [0.15, 0.2) is 6.21 Å². The van der Waals surface area contributed by atoms with Crippen LogP contribution in [0.5, 0.6) is 0 Å². The molecule has 6 N–H and O–H groups in total. The minimum Gasteiger partial charge on any atom is -0.396 e. The van der Waals surface area contributed by atoms with Crippen molar-refractivity contribution in [1.29, 1.82) is 0 Å². The number of pyridine rings is 1. The Labute approximate surface area is 112 Å². The molecule has 0 spiro atoms. The normalized spacial score (nSPS) is 10.7. The van der Waals surface area contributed by atoms with E-state index in [-0.39, 0.29) is 0 Å². The van der Waals surface area contributed by atoms with Gasteiger partial charge < -0.3 is 11.1 Å². The molecule has 0 bridgehead atoms. The standard InChI is InChI=1S/C13H18N6/c1-8(2)5-16-11-3-12(17-6-9(11)4-14)13-10(15)7-18-19-13/h3-4,6-8,14H,5,15H2,1-2H3,(H,16,17)(H,18,19)/p+1. The summed E-state index contributed by atoms with van der Waals surface area (Å²) in [5.41, 5.74) is 9.67. The summed E-state index contributed by atoms with van der Waals surface area (Å²) >= 11 is 0. The summed E-state index contributed by atoms with van der Waals surface area (Å²) in [4.78, 5) is 4.34. The van der Waals surface area contributed by atoms with Crippen molar-refractivity contribution >= 4 is 17.6 Å². The van der Waals surface area contributed by atoms with E-state index in [1.165, 1.54) is 6.21 Å². The van der Waals surface area contributed by atoms with Crippen molar-refractivity contribution < 1.29 is 5.41 Å². The molecule has 0 aromatic carbocycles. The molecule has 6 nitrogen and oxygen atoms in total. The van der Waals surface area contributed by atoms with Gasteiger partial charge in [-0.25, -0.2) is 0 Å². The van der Waals surface area contributed by atoms with E-state index >= 15 is 0 Å². The topological polar surface area (TPSA) is 105 Å². The van der Waals surface area contributed by atoms with Gasteiger partial charge in [-0.3, -0.25) is 15.5 Å². The average Bonchev–Trinajstić information content (AvgIpc) is 2.82. The van der Waals surface area contributed by atoms with Crippen LogP contribution in [-0.2, 0) is 0 Å². The number of nitrogen functional groups attached to an aromatic ring is 1. The first-order valence-corrected chi connectivity index (χ1v) is 6.20. The van der Waals surface area contributed by atoms with Crippen LogP contribution in [0.25, 0.3) is 11.4 Å². The summed E-state index contributed by atoms with van der Waals surface area (Å²) < 4.78 is 0. The molecule has 2 heterocycles. The van der Waals surface area contributed by atoms with Gasteiger partial charge in [-0.2, -0.15) is 5.10 Å². The molecule has 0 amide bonds. The Morgan fingerprint density at radius 1 is 1.47 bits per heavy atom. The van der Waals surface area contributed by atoms with E-state index in [4.69, 9.17) is 11.1 Å². The number of aromatic amines is 1. The van der Waals surface area contributed by atoms with Crippen LogP contribution in [0.3, 0.4) is 0 Å². The second kappa shape index (κ2) is 5.51. The Hall–Kier alpha value is -2.37. The number of aromatic nitrogens is 3. The van der Waals surface area contributed by atoms with Crippen molar-refractivity contribution in [3.8, 4) is 11.4 Å². The molecule has 0 aliphatic heterocycles. The Morgan fingerprint density at radius 3 is 2.84 bits per heavy atom. The van der Waals surface area contributed by atoms with Gasteiger partial charge in [-0.1, -0.05) is 13.8 Å². The minimum absolute atomic E-state index is 0.541. The van der Waals surface area contributed by atoms with Crippen LogP contribution < -0.4 is 16.5 Å². The summed E-state index contributed by atoms with van der Waals surface area (Å²) in [5, 5.41) is 15.7. The summed E-state index contributed by atoms with van der Waals surface area (Å²) in [5.74, 6) is 0.541. The molecule has 100 valence electrons. The first kappa shape index (κ1) is 13.1. The lowest BCUT2D eigenvalue weighted by molar-refractivity contribution is -0.104. The lowest BCUT2D eigenvalue weighted by atomic mass is 10.1. The fourth-order valence-corrected chi connectivity index (χ4v) is 1.70. The third kappa shape index (κ3) is 2.90. The zero-order chi connectivity index (χ0) is 13.8. The van der Waals surface area contributed by atoms with Crippen LogP contribution >= 0.6 is 0 Å².